The fraction of sp³-hybridized carbons (Fsp3) is 0.968. The van der Waals surface area contributed by atoms with Gasteiger partial charge < -0.3 is 115 Å². The minimum atomic E-state index is -2.76. The standard InChI is InChI=1S/C31H53NO23/c1-10-19(39)24(16(6-35)50-26(10)43)52-18-2-13(37)23(15(5-34)49-18)53-28-22(42)21(41)25(17(7-36)51-28)54-27-20(40)11(4-33)30(46,9-47-27)55-31(29(44)45)3-14(38)12(32)8-48-31/h10-28,33-43,46H,2-9,32H2,1H3,(H,44,45)/t10?,11?,12-,13+,14?,15?,16-,17?,18?,19+,20-,21?,22-,23?,24-,25?,26?,27?,28?,30-,31-/m1/s1. The van der Waals surface area contributed by atoms with E-state index in [1.54, 1.807) is 0 Å². The molecule has 0 amide bonds. The fourth-order valence-electron chi connectivity index (χ4n) is 7.24. The summed E-state index contributed by atoms with van der Waals surface area (Å²) in [6.45, 7) is -3.34. The van der Waals surface area contributed by atoms with Gasteiger partial charge in [-0.15, -0.1) is 0 Å². The van der Waals surface area contributed by atoms with Crippen LogP contribution in [0.1, 0.15) is 19.8 Å². The number of rotatable bonds is 13. The molecule has 12 unspecified atom stereocenters. The molecule has 5 aliphatic rings. The second kappa shape index (κ2) is 18.2. The number of aliphatic hydroxyl groups is 12. The first-order valence-corrected chi connectivity index (χ1v) is 17.7. The second-order valence-corrected chi connectivity index (χ2v) is 14.4. The van der Waals surface area contributed by atoms with Crippen molar-refractivity contribution in [1.82, 2.24) is 0 Å². The zero-order valence-electron chi connectivity index (χ0n) is 29.6. The van der Waals surface area contributed by atoms with E-state index in [9.17, 15) is 71.2 Å². The molecule has 0 aromatic carbocycles. The van der Waals surface area contributed by atoms with Crippen LogP contribution in [0.2, 0.25) is 0 Å². The van der Waals surface area contributed by atoms with Gasteiger partial charge in [0, 0.05) is 18.8 Å². The third-order valence-electron chi connectivity index (χ3n) is 10.7. The predicted octanol–water partition coefficient (Wildman–Crippen LogP) is -8.32. The van der Waals surface area contributed by atoms with Gasteiger partial charge in [-0.3, -0.25) is 0 Å². The van der Waals surface area contributed by atoms with Crippen LogP contribution in [0, 0.1) is 11.8 Å². The second-order valence-electron chi connectivity index (χ2n) is 14.4. The zero-order valence-corrected chi connectivity index (χ0v) is 29.6. The van der Waals surface area contributed by atoms with E-state index in [1.807, 2.05) is 0 Å². The quantitative estimate of drug-likeness (QED) is 0.0768. The van der Waals surface area contributed by atoms with Crippen molar-refractivity contribution in [3.05, 3.63) is 0 Å². The van der Waals surface area contributed by atoms with Crippen LogP contribution in [0.25, 0.3) is 0 Å². The van der Waals surface area contributed by atoms with Gasteiger partial charge in [0.1, 0.15) is 61.5 Å². The van der Waals surface area contributed by atoms with E-state index in [0.29, 0.717) is 0 Å². The molecular formula is C31H53NO23. The van der Waals surface area contributed by atoms with Gasteiger partial charge in [0.05, 0.1) is 63.3 Å². The summed E-state index contributed by atoms with van der Waals surface area (Å²) < 4.78 is 50.0. The van der Waals surface area contributed by atoms with Gasteiger partial charge in [0.15, 0.2) is 25.2 Å². The molecule has 0 radical (unpaired) electrons. The molecule has 0 bridgehead atoms. The highest BCUT2D eigenvalue weighted by Gasteiger charge is 2.60. The van der Waals surface area contributed by atoms with Crippen LogP contribution in [0.15, 0.2) is 0 Å². The summed E-state index contributed by atoms with van der Waals surface area (Å²) in [4.78, 5) is 12.2. The Morgan fingerprint density at radius 2 is 1.35 bits per heavy atom. The molecular weight excluding hydrogens is 754 g/mol. The van der Waals surface area contributed by atoms with Crippen LogP contribution in [0.5, 0.6) is 0 Å². The molecule has 21 atom stereocenters. The molecule has 0 saturated carbocycles. The Morgan fingerprint density at radius 3 is 1.95 bits per heavy atom. The SMILES string of the molecule is CC1C(O)O[C@H](CO)[C@@H](OC2C[C@H](O)C(OC3OC(CO)C(OC4OC[C@@](O)(O[C@@]5(C(=O)O)CC(O)[C@H](N)CO5)C(CO)[C@H]4O)C(O)[C@H]3O)C(CO)O2)[C@H]1O. The molecule has 0 aliphatic carbocycles. The highest BCUT2D eigenvalue weighted by molar-refractivity contribution is 5.76. The lowest BCUT2D eigenvalue weighted by Crippen LogP contribution is -2.68. The first-order valence-electron chi connectivity index (χ1n) is 17.7. The molecule has 5 saturated heterocycles. The third kappa shape index (κ3) is 9.10. The van der Waals surface area contributed by atoms with E-state index in [2.05, 4.69) is 0 Å². The Labute approximate surface area is 313 Å². The fourth-order valence-corrected chi connectivity index (χ4v) is 7.24. The topological polar surface area (TPSA) is 389 Å². The van der Waals surface area contributed by atoms with Crippen molar-refractivity contribution < 1.29 is 114 Å². The average Bonchev–Trinajstić information content (AvgIpc) is 3.14. The summed E-state index contributed by atoms with van der Waals surface area (Å²) in [7, 11) is 0. The Kier molecular flexibility index (Phi) is 14.8. The maximum atomic E-state index is 12.2. The van der Waals surface area contributed by atoms with Gasteiger partial charge in [0.25, 0.3) is 5.79 Å². The first kappa shape index (κ1) is 44.7. The van der Waals surface area contributed by atoms with Crippen molar-refractivity contribution in [2.45, 2.75) is 136 Å². The van der Waals surface area contributed by atoms with E-state index in [0.717, 1.165) is 0 Å². The normalized spacial score (nSPS) is 51.1. The van der Waals surface area contributed by atoms with Gasteiger partial charge in [-0.25, -0.2) is 4.79 Å². The molecule has 24 heteroatoms. The van der Waals surface area contributed by atoms with E-state index in [1.165, 1.54) is 6.92 Å². The van der Waals surface area contributed by atoms with Crippen molar-refractivity contribution in [2.24, 2.45) is 17.6 Å². The predicted molar refractivity (Wildman–Crippen MR) is 169 cm³/mol. The van der Waals surface area contributed by atoms with Gasteiger partial charge in [-0.1, -0.05) is 6.92 Å². The summed E-state index contributed by atoms with van der Waals surface area (Å²) in [5, 5.41) is 136. The number of nitrogens with two attached hydrogens (primary N) is 1. The summed E-state index contributed by atoms with van der Waals surface area (Å²) in [6.07, 6.45) is -26.0. The molecule has 24 nitrogen and oxygen atoms in total. The van der Waals surface area contributed by atoms with Crippen LogP contribution in [-0.4, -0.2) is 228 Å². The van der Waals surface area contributed by atoms with Crippen LogP contribution in [0.4, 0.5) is 0 Å². The lowest BCUT2D eigenvalue weighted by molar-refractivity contribution is -0.424. The number of hydrogen-bond donors (Lipinski definition) is 14. The number of aliphatic carboxylic acids is 1. The highest BCUT2D eigenvalue weighted by atomic mass is 16.8. The van der Waals surface area contributed by atoms with Crippen LogP contribution >= 0.6 is 0 Å². The third-order valence-corrected chi connectivity index (χ3v) is 10.7. The molecule has 0 aromatic heterocycles. The number of carboxylic acids is 1. The van der Waals surface area contributed by atoms with Crippen LogP contribution in [-0.2, 0) is 47.4 Å². The van der Waals surface area contributed by atoms with Crippen LogP contribution in [0.3, 0.4) is 0 Å². The van der Waals surface area contributed by atoms with Crippen molar-refractivity contribution in [3.8, 4) is 0 Å². The van der Waals surface area contributed by atoms with Gasteiger partial charge in [0.2, 0.25) is 5.79 Å². The largest absolute Gasteiger partial charge is 0.477 e. The van der Waals surface area contributed by atoms with Crippen molar-refractivity contribution >= 4 is 5.97 Å². The minimum Gasteiger partial charge on any atom is -0.477 e. The molecule has 320 valence electrons. The van der Waals surface area contributed by atoms with Gasteiger partial charge in [-0.2, -0.15) is 0 Å². The Hall–Kier alpha value is -1.41. The maximum absolute atomic E-state index is 12.2. The summed E-state index contributed by atoms with van der Waals surface area (Å²) in [5.74, 6) is -9.76. The molecule has 15 N–H and O–H groups in total. The Bertz CT molecular complexity index is 1250. The number of aliphatic hydroxyl groups excluding tert-OH is 11. The average molecular weight is 808 g/mol. The maximum Gasteiger partial charge on any atom is 0.364 e. The molecule has 5 aliphatic heterocycles. The smallest absolute Gasteiger partial charge is 0.364 e. The molecule has 5 fully saturated rings. The number of carboxylic acid groups (broad SMARTS) is 1. The van der Waals surface area contributed by atoms with E-state index < -0.39 is 180 Å². The lowest BCUT2D eigenvalue weighted by Gasteiger charge is -2.50. The first-order chi connectivity index (χ1) is 25.9. The zero-order chi connectivity index (χ0) is 40.6. The molecule has 5 heterocycles. The molecule has 55 heavy (non-hydrogen) atoms. The van der Waals surface area contributed by atoms with Gasteiger partial charge in [-0.05, 0) is 0 Å². The van der Waals surface area contributed by atoms with Crippen molar-refractivity contribution in [3.63, 3.8) is 0 Å². The van der Waals surface area contributed by atoms with Gasteiger partial charge >= 0.3 is 5.97 Å². The van der Waals surface area contributed by atoms with E-state index >= 15 is 0 Å². The lowest BCUT2D eigenvalue weighted by atomic mass is 9.89. The Morgan fingerprint density at radius 1 is 0.745 bits per heavy atom. The molecule has 0 aromatic rings. The summed E-state index contributed by atoms with van der Waals surface area (Å²) >= 11 is 0. The number of carbonyl (C=O) groups is 1. The Balaban J connectivity index is 1.22. The molecule has 5 rings (SSSR count). The highest BCUT2D eigenvalue weighted by Crippen LogP contribution is 2.40. The number of ether oxygens (including phenoxy) is 9. The van der Waals surface area contributed by atoms with Crippen LogP contribution < -0.4 is 5.73 Å². The van der Waals surface area contributed by atoms with Crippen molar-refractivity contribution in [1.29, 1.82) is 0 Å². The summed E-state index contributed by atoms with van der Waals surface area (Å²) in [5.41, 5.74) is 5.68. The van der Waals surface area contributed by atoms with E-state index in [-0.39, 0.29) is 6.42 Å². The molecule has 0 spiro atoms. The number of hydrogen-bond acceptors (Lipinski definition) is 23. The minimum absolute atomic E-state index is 0.340. The summed E-state index contributed by atoms with van der Waals surface area (Å²) in [6, 6.07) is -0.973. The van der Waals surface area contributed by atoms with Crippen molar-refractivity contribution in [2.75, 3.05) is 39.6 Å². The monoisotopic (exact) mass is 807 g/mol. The van der Waals surface area contributed by atoms with E-state index in [4.69, 9.17) is 48.4 Å².